The summed E-state index contributed by atoms with van der Waals surface area (Å²) < 4.78 is 5.82. The molecule has 1 spiro atoms. The van der Waals surface area contributed by atoms with E-state index in [1.54, 1.807) is 0 Å². The van der Waals surface area contributed by atoms with Crippen LogP contribution in [0.25, 0.3) is 0 Å². The van der Waals surface area contributed by atoms with E-state index in [-0.39, 0.29) is 0 Å². The Hall–Kier alpha value is -1.77. The number of hydrogen-bond donors (Lipinski definition) is 0. The molecule has 0 aromatic heterocycles. The van der Waals surface area contributed by atoms with Gasteiger partial charge in [0.15, 0.2) is 0 Å². The van der Waals surface area contributed by atoms with Crippen molar-refractivity contribution in [1.82, 2.24) is 0 Å². The fourth-order valence-electron chi connectivity index (χ4n) is 1.99. The summed E-state index contributed by atoms with van der Waals surface area (Å²) in [4.78, 5) is 5.43. The summed E-state index contributed by atoms with van der Waals surface area (Å²) in [7, 11) is 0. The van der Waals surface area contributed by atoms with Crippen LogP contribution in [0.5, 0.6) is 0 Å². The SMILES string of the molecule is C1=CC2(CCC1)ON=C(c1ccccc1)O2. The van der Waals surface area contributed by atoms with Crippen molar-refractivity contribution in [2.45, 2.75) is 25.0 Å². The molecule has 2 aliphatic rings. The standard InChI is InChI=1S/C13H13NO2/c1-3-7-11(8-4-1)12-14-16-13(15-12)9-5-2-6-10-13/h1,3-5,7-9H,2,6,10H2. The van der Waals surface area contributed by atoms with Gasteiger partial charge in [-0.2, -0.15) is 0 Å². The van der Waals surface area contributed by atoms with Crippen LogP contribution < -0.4 is 0 Å². The average molecular weight is 215 g/mol. The highest BCUT2D eigenvalue weighted by molar-refractivity contribution is 5.94. The van der Waals surface area contributed by atoms with E-state index in [4.69, 9.17) is 9.57 Å². The fraction of sp³-hybridized carbons (Fsp3) is 0.308. The Morgan fingerprint density at radius 1 is 1.19 bits per heavy atom. The lowest BCUT2D eigenvalue weighted by Gasteiger charge is -2.24. The predicted octanol–water partition coefficient (Wildman–Crippen LogP) is 2.83. The van der Waals surface area contributed by atoms with Crippen molar-refractivity contribution in [3.8, 4) is 0 Å². The van der Waals surface area contributed by atoms with Crippen molar-refractivity contribution in [3.63, 3.8) is 0 Å². The lowest BCUT2D eigenvalue weighted by molar-refractivity contribution is -0.127. The number of nitrogens with zero attached hydrogens (tertiary/aromatic N) is 1. The number of allylic oxidation sites excluding steroid dienone is 1. The molecule has 1 unspecified atom stereocenters. The monoisotopic (exact) mass is 215 g/mol. The van der Waals surface area contributed by atoms with Gasteiger partial charge in [0, 0.05) is 12.0 Å². The molecule has 0 bridgehead atoms. The van der Waals surface area contributed by atoms with E-state index in [2.05, 4.69) is 11.2 Å². The molecule has 3 heteroatoms. The lowest BCUT2D eigenvalue weighted by atomic mass is 10.0. The van der Waals surface area contributed by atoms with E-state index in [0.29, 0.717) is 5.90 Å². The van der Waals surface area contributed by atoms with Crippen molar-refractivity contribution in [1.29, 1.82) is 0 Å². The third kappa shape index (κ3) is 1.58. The number of hydrogen-bond acceptors (Lipinski definition) is 3. The first-order chi connectivity index (χ1) is 7.88. The topological polar surface area (TPSA) is 30.8 Å². The van der Waals surface area contributed by atoms with Crippen molar-refractivity contribution in [3.05, 3.63) is 48.0 Å². The van der Waals surface area contributed by atoms with E-state index in [1.165, 1.54) is 0 Å². The largest absolute Gasteiger partial charge is 0.426 e. The first-order valence-electron chi connectivity index (χ1n) is 5.56. The molecule has 0 saturated heterocycles. The van der Waals surface area contributed by atoms with Crippen LogP contribution >= 0.6 is 0 Å². The van der Waals surface area contributed by atoms with Gasteiger partial charge in [-0.15, -0.1) is 0 Å². The highest BCUT2D eigenvalue weighted by Crippen LogP contribution is 2.33. The molecule has 1 aliphatic heterocycles. The molecule has 1 atom stereocenters. The molecular weight excluding hydrogens is 202 g/mol. The van der Waals surface area contributed by atoms with Crippen LogP contribution in [0.2, 0.25) is 0 Å². The third-order valence-electron chi connectivity index (χ3n) is 2.84. The van der Waals surface area contributed by atoms with Crippen molar-refractivity contribution in [2.24, 2.45) is 5.16 Å². The molecule has 0 radical (unpaired) electrons. The molecule has 0 amide bonds. The van der Waals surface area contributed by atoms with Crippen molar-refractivity contribution < 1.29 is 9.57 Å². The molecule has 0 fully saturated rings. The van der Waals surface area contributed by atoms with Gasteiger partial charge in [-0.1, -0.05) is 24.3 Å². The molecule has 3 nitrogen and oxygen atoms in total. The van der Waals surface area contributed by atoms with Crippen LogP contribution in [0.4, 0.5) is 0 Å². The lowest BCUT2D eigenvalue weighted by Crippen LogP contribution is -2.31. The number of ether oxygens (including phenoxy) is 1. The quantitative estimate of drug-likeness (QED) is 0.674. The Morgan fingerprint density at radius 2 is 2.06 bits per heavy atom. The van der Waals surface area contributed by atoms with Crippen molar-refractivity contribution >= 4 is 5.90 Å². The van der Waals surface area contributed by atoms with Gasteiger partial charge in [0.25, 0.3) is 11.7 Å². The van der Waals surface area contributed by atoms with E-state index in [0.717, 1.165) is 24.8 Å². The van der Waals surface area contributed by atoms with E-state index >= 15 is 0 Å². The first kappa shape index (κ1) is 9.46. The maximum Gasteiger partial charge on any atom is 0.296 e. The van der Waals surface area contributed by atoms with Gasteiger partial charge in [-0.05, 0) is 36.2 Å². The van der Waals surface area contributed by atoms with Crippen LogP contribution in [0, 0.1) is 0 Å². The number of benzene rings is 1. The summed E-state index contributed by atoms with van der Waals surface area (Å²) in [5.41, 5.74) is 0.957. The van der Waals surface area contributed by atoms with Gasteiger partial charge in [0.2, 0.25) is 0 Å². The van der Waals surface area contributed by atoms with Gasteiger partial charge in [-0.25, -0.2) is 0 Å². The molecule has 82 valence electrons. The van der Waals surface area contributed by atoms with Crippen LogP contribution in [0.15, 0.2) is 47.6 Å². The average Bonchev–Trinajstić information content (AvgIpc) is 2.75. The van der Waals surface area contributed by atoms with Gasteiger partial charge < -0.3 is 9.57 Å². The molecule has 1 aromatic rings. The number of oxime groups is 1. The van der Waals surface area contributed by atoms with E-state index < -0.39 is 5.79 Å². The summed E-state index contributed by atoms with van der Waals surface area (Å²) in [6.07, 6.45) is 7.09. The van der Waals surface area contributed by atoms with Gasteiger partial charge in [0.05, 0.1) is 0 Å². The van der Waals surface area contributed by atoms with Gasteiger partial charge in [-0.3, -0.25) is 0 Å². The Morgan fingerprint density at radius 3 is 2.81 bits per heavy atom. The highest BCUT2D eigenvalue weighted by atomic mass is 16.8. The maximum atomic E-state index is 5.82. The normalized spacial score (nSPS) is 27.4. The van der Waals surface area contributed by atoms with Gasteiger partial charge >= 0.3 is 0 Å². The maximum absolute atomic E-state index is 5.82. The Kier molecular flexibility index (Phi) is 2.17. The molecular formula is C13H13NO2. The summed E-state index contributed by atoms with van der Waals surface area (Å²) in [6.45, 7) is 0. The Balaban J connectivity index is 1.82. The molecule has 16 heavy (non-hydrogen) atoms. The molecule has 1 aliphatic carbocycles. The minimum atomic E-state index is -0.635. The second-order valence-corrected chi connectivity index (χ2v) is 4.06. The van der Waals surface area contributed by atoms with E-state index in [1.807, 2.05) is 36.4 Å². The predicted molar refractivity (Wildman–Crippen MR) is 60.9 cm³/mol. The second-order valence-electron chi connectivity index (χ2n) is 4.06. The highest BCUT2D eigenvalue weighted by Gasteiger charge is 2.39. The second kappa shape index (κ2) is 3.67. The van der Waals surface area contributed by atoms with Crippen LogP contribution in [0.3, 0.4) is 0 Å². The first-order valence-corrected chi connectivity index (χ1v) is 5.56. The molecule has 3 rings (SSSR count). The summed E-state index contributed by atoms with van der Waals surface area (Å²) >= 11 is 0. The third-order valence-corrected chi connectivity index (χ3v) is 2.84. The number of rotatable bonds is 1. The molecule has 0 saturated carbocycles. The minimum Gasteiger partial charge on any atom is -0.426 e. The fourth-order valence-corrected chi connectivity index (χ4v) is 1.99. The Bertz CT molecular complexity index is 439. The minimum absolute atomic E-state index is 0.576. The van der Waals surface area contributed by atoms with Crippen LogP contribution in [-0.2, 0) is 9.57 Å². The smallest absolute Gasteiger partial charge is 0.296 e. The van der Waals surface area contributed by atoms with E-state index in [9.17, 15) is 0 Å². The summed E-state index contributed by atoms with van der Waals surface area (Å²) in [5, 5.41) is 4.03. The van der Waals surface area contributed by atoms with Crippen LogP contribution in [0.1, 0.15) is 24.8 Å². The molecule has 1 heterocycles. The van der Waals surface area contributed by atoms with Gasteiger partial charge in [0.1, 0.15) is 0 Å². The Labute approximate surface area is 94.4 Å². The summed E-state index contributed by atoms with van der Waals surface area (Å²) in [5.74, 6) is -0.0594. The van der Waals surface area contributed by atoms with Crippen LogP contribution in [-0.4, -0.2) is 11.7 Å². The zero-order valence-electron chi connectivity index (χ0n) is 8.93. The zero-order chi connectivity index (χ0) is 10.8. The van der Waals surface area contributed by atoms with Crippen molar-refractivity contribution in [2.75, 3.05) is 0 Å². The molecule has 0 N–H and O–H groups in total. The molecule has 1 aromatic carbocycles. The summed E-state index contributed by atoms with van der Waals surface area (Å²) in [6, 6.07) is 9.82. The zero-order valence-corrected chi connectivity index (χ0v) is 8.93.